The molecule has 0 radical (unpaired) electrons. The molecule has 0 saturated carbocycles. The lowest BCUT2D eigenvalue weighted by Gasteiger charge is -2.30. The van der Waals surface area contributed by atoms with Gasteiger partial charge in [0.15, 0.2) is 0 Å². The summed E-state index contributed by atoms with van der Waals surface area (Å²) in [5.41, 5.74) is 1.67. The van der Waals surface area contributed by atoms with Crippen molar-refractivity contribution in [2.75, 3.05) is 6.54 Å². The van der Waals surface area contributed by atoms with Crippen LogP contribution in [0.4, 0.5) is 0 Å². The summed E-state index contributed by atoms with van der Waals surface area (Å²) < 4.78 is 2.00. The number of hydrogen-bond donors (Lipinski definition) is 1. The zero-order valence-electron chi connectivity index (χ0n) is 12.8. The van der Waals surface area contributed by atoms with Gasteiger partial charge in [0.05, 0.1) is 6.20 Å². The molecule has 1 aromatic heterocycles. The van der Waals surface area contributed by atoms with Crippen LogP contribution in [0.25, 0.3) is 0 Å². The van der Waals surface area contributed by atoms with Crippen molar-refractivity contribution >= 4 is 0 Å². The molecular weight excluding hydrogens is 222 g/mol. The first-order valence-corrected chi connectivity index (χ1v) is 7.14. The Bertz CT molecular complexity index is 349. The van der Waals surface area contributed by atoms with Gasteiger partial charge in [-0.2, -0.15) is 5.10 Å². The largest absolute Gasteiger partial charge is 0.310 e. The second kappa shape index (κ2) is 6.37. The zero-order valence-corrected chi connectivity index (χ0v) is 12.8. The lowest BCUT2D eigenvalue weighted by atomic mass is 9.78. The van der Waals surface area contributed by atoms with Crippen molar-refractivity contribution < 1.29 is 0 Å². The minimum atomic E-state index is 0.356. The number of aryl methyl sites for hydroxylation is 1. The normalized spacial score (nSPS) is 15.7. The SMILES string of the molecule is CCNC(CC(C)C(C)(C)C)c1cnn(CC)c1. The maximum atomic E-state index is 4.38. The van der Waals surface area contributed by atoms with E-state index < -0.39 is 0 Å². The average Bonchev–Trinajstić information content (AvgIpc) is 2.75. The quantitative estimate of drug-likeness (QED) is 0.836. The van der Waals surface area contributed by atoms with E-state index in [-0.39, 0.29) is 0 Å². The maximum Gasteiger partial charge on any atom is 0.0537 e. The third kappa shape index (κ3) is 4.13. The molecule has 1 heterocycles. The lowest BCUT2D eigenvalue weighted by molar-refractivity contribution is 0.224. The van der Waals surface area contributed by atoms with Gasteiger partial charge in [0.1, 0.15) is 0 Å². The molecule has 0 bridgehead atoms. The second-order valence-corrected chi connectivity index (χ2v) is 6.24. The van der Waals surface area contributed by atoms with Crippen molar-refractivity contribution in [1.82, 2.24) is 15.1 Å². The van der Waals surface area contributed by atoms with Gasteiger partial charge in [-0.3, -0.25) is 4.68 Å². The molecule has 3 heteroatoms. The molecule has 2 unspecified atom stereocenters. The average molecular weight is 251 g/mol. The molecule has 3 nitrogen and oxygen atoms in total. The molecule has 0 aliphatic heterocycles. The van der Waals surface area contributed by atoms with Gasteiger partial charge in [0.25, 0.3) is 0 Å². The first kappa shape index (κ1) is 15.2. The number of aromatic nitrogens is 2. The molecule has 1 N–H and O–H groups in total. The van der Waals surface area contributed by atoms with Gasteiger partial charge in [-0.25, -0.2) is 0 Å². The van der Waals surface area contributed by atoms with Crippen LogP contribution in [0.2, 0.25) is 0 Å². The molecule has 0 aromatic carbocycles. The molecule has 0 spiro atoms. The number of hydrogen-bond acceptors (Lipinski definition) is 2. The molecule has 1 rings (SSSR count). The van der Waals surface area contributed by atoms with E-state index in [9.17, 15) is 0 Å². The van der Waals surface area contributed by atoms with Crippen LogP contribution in [-0.2, 0) is 6.54 Å². The van der Waals surface area contributed by atoms with E-state index in [4.69, 9.17) is 0 Å². The molecule has 0 amide bonds. The molecular formula is C15H29N3. The minimum Gasteiger partial charge on any atom is -0.310 e. The van der Waals surface area contributed by atoms with Crippen molar-refractivity contribution in [3.8, 4) is 0 Å². The Morgan fingerprint density at radius 1 is 1.33 bits per heavy atom. The monoisotopic (exact) mass is 251 g/mol. The van der Waals surface area contributed by atoms with Crippen molar-refractivity contribution in [3.63, 3.8) is 0 Å². The van der Waals surface area contributed by atoms with Gasteiger partial charge in [0.2, 0.25) is 0 Å². The number of nitrogens with zero attached hydrogens (tertiary/aromatic N) is 2. The number of rotatable bonds is 6. The minimum absolute atomic E-state index is 0.356. The first-order valence-electron chi connectivity index (χ1n) is 7.14. The van der Waals surface area contributed by atoms with Crippen LogP contribution < -0.4 is 5.32 Å². The molecule has 18 heavy (non-hydrogen) atoms. The fraction of sp³-hybridized carbons (Fsp3) is 0.800. The highest BCUT2D eigenvalue weighted by atomic mass is 15.3. The molecule has 104 valence electrons. The first-order chi connectivity index (χ1) is 8.38. The predicted molar refractivity (Wildman–Crippen MR) is 77.6 cm³/mol. The van der Waals surface area contributed by atoms with E-state index in [1.54, 1.807) is 0 Å². The maximum absolute atomic E-state index is 4.38. The van der Waals surface area contributed by atoms with Gasteiger partial charge in [-0.15, -0.1) is 0 Å². The highest BCUT2D eigenvalue weighted by Crippen LogP contribution is 2.33. The smallest absolute Gasteiger partial charge is 0.0537 e. The third-order valence-electron chi connectivity index (χ3n) is 3.90. The molecule has 0 fully saturated rings. The summed E-state index contributed by atoms with van der Waals surface area (Å²) in [4.78, 5) is 0. The van der Waals surface area contributed by atoms with E-state index >= 15 is 0 Å². The molecule has 0 aliphatic rings. The summed E-state index contributed by atoms with van der Waals surface area (Å²) in [7, 11) is 0. The summed E-state index contributed by atoms with van der Waals surface area (Å²) in [6, 6.07) is 0.421. The molecule has 0 saturated heterocycles. The Morgan fingerprint density at radius 3 is 2.44 bits per heavy atom. The van der Waals surface area contributed by atoms with Gasteiger partial charge in [0, 0.05) is 24.3 Å². The predicted octanol–water partition coefficient (Wildman–Crippen LogP) is 3.63. The van der Waals surface area contributed by atoms with E-state index in [0.717, 1.165) is 19.5 Å². The second-order valence-electron chi connectivity index (χ2n) is 6.24. The van der Waals surface area contributed by atoms with Crippen LogP contribution in [-0.4, -0.2) is 16.3 Å². The van der Waals surface area contributed by atoms with Gasteiger partial charge >= 0.3 is 0 Å². The summed E-state index contributed by atoms with van der Waals surface area (Å²) in [6.07, 6.45) is 5.33. The van der Waals surface area contributed by atoms with Crippen LogP contribution in [0.5, 0.6) is 0 Å². The van der Waals surface area contributed by atoms with Crippen LogP contribution in [0.15, 0.2) is 12.4 Å². The topological polar surface area (TPSA) is 29.9 Å². The summed E-state index contributed by atoms with van der Waals surface area (Å²) in [6.45, 7) is 15.5. The van der Waals surface area contributed by atoms with Gasteiger partial charge < -0.3 is 5.32 Å². The Balaban J connectivity index is 2.76. The van der Waals surface area contributed by atoms with Crippen molar-refractivity contribution in [1.29, 1.82) is 0 Å². The third-order valence-corrected chi connectivity index (χ3v) is 3.90. The fourth-order valence-electron chi connectivity index (χ4n) is 2.02. The Morgan fingerprint density at radius 2 is 2.00 bits per heavy atom. The summed E-state index contributed by atoms with van der Waals surface area (Å²) in [5, 5.41) is 7.97. The van der Waals surface area contributed by atoms with Gasteiger partial charge in [-0.05, 0) is 31.2 Å². The van der Waals surface area contributed by atoms with Crippen molar-refractivity contribution in [2.45, 2.75) is 60.5 Å². The molecule has 0 aliphatic carbocycles. The Kier molecular flexibility index (Phi) is 5.39. The highest BCUT2D eigenvalue weighted by Gasteiger charge is 2.24. The van der Waals surface area contributed by atoms with E-state index in [2.05, 4.69) is 58.2 Å². The zero-order chi connectivity index (χ0) is 13.8. The van der Waals surface area contributed by atoms with E-state index in [1.807, 2.05) is 10.9 Å². The van der Waals surface area contributed by atoms with Crippen LogP contribution in [0, 0.1) is 11.3 Å². The van der Waals surface area contributed by atoms with Crippen LogP contribution >= 0.6 is 0 Å². The lowest BCUT2D eigenvalue weighted by Crippen LogP contribution is -2.27. The standard InChI is InChI=1S/C15H29N3/c1-7-16-14(9-12(3)15(4,5)6)13-10-17-18(8-2)11-13/h10-12,14,16H,7-9H2,1-6H3. The van der Waals surface area contributed by atoms with Crippen molar-refractivity contribution in [2.24, 2.45) is 11.3 Å². The summed E-state index contributed by atoms with van der Waals surface area (Å²) >= 11 is 0. The number of nitrogens with one attached hydrogen (secondary N) is 1. The van der Waals surface area contributed by atoms with Crippen LogP contribution in [0.3, 0.4) is 0 Å². The molecule has 1 aromatic rings. The Hall–Kier alpha value is -0.830. The fourth-order valence-corrected chi connectivity index (χ4v) is 2.02. The summed E-state index contributed by atoms with van der Waals surface area (Å²) in [5.74, 6) is 0.673. The van der Waals surface area contributed by atoms with E-state index in [1.165, 1.54) is 5.56 Å². The van der Waals surface area contributed by atoms with Gasteiger partial charge in [-0.1, -0.05) is 34.6 Å². The highest BCUT2D eigenvalue weighted by molar-refractivity contribution is 5.10. The van der Waals surface area contributed by atoms with Crippen molar-refractivity contribution in [3.05, 3.63) is 18.0 Å². The van der Waals surface area contributed by atoms with Crippen LogP contribution in [0.1, 0.15) is 59.6 Å². The Labute approximate surface area is 112 Å². The molecule has 2 atom stereocenters. The van der Waals surface area contributed by atoms with E-state index in [0.29, 0.717) is 17.4 Å².